The van der Waals surface area contributed by atoms with Crippen LogP contribution in [0.25, 0.3) is 0 Å². The van der Waals surface area contributed by atoms with Crippen LogP contribution in [-0.4, -0.2) is 17.0 Å². The Kier molecular flexibility index (Phi) is 4.94. The predicted octanol–water partition coefficient (Wildman–Crippen LogP) is 5.43. The fraction of sp³-hybridized carbons (Fsp3) is 0.167. The maximum Gasteiger partial charge on any atom is 0.431 e. The molecule has 0 radical (unpaired) electrons. The van der Waals surface area contributed by atoms with Crippen LogP contribution >= 0.6 is 11.8 Å². The molecule has 0 bridgehead atoms. The standard InChI is InChI=1S/C18H15F3N2S/c19-18(20,21)16(22-14-9-5-2-6-10-14)11-17-23-15(12-24-17)13-7-3-1-4-8-13/h1-11,15,22H,12H2. The van der Waals surface area contributed by atoms with Crippen LogP contribution in [0.3, 0.4) is 0 Å². The first-order valence-corrected chi connectivity index (χ1v) is 8.37. The number of nitrogens with zero attached hydrogens (tertiary/aromatic N) is 1. The third-order valence-corrected chi connectivity index (χ3v) is 4.48. The Bertz CT molecular complexity index is 740. The van der Waals surface area contributed by atoms with E-state index in [-0.39, 0.29) is 6.04 Å². The first-order chi connectivity index (χ1) is 11.5. The van der Waals surface area contributed by atoms with Gasteiger partial charge in [0.05, 0.1) is 11.1 Å². The largest absolute Gasteiger partial charge is 0.431 e. The molecular formula is C18H15F3N2S. The van der Waals surface area contributed by atoms with Gasteiger partial charge in [-0.05, 0) is 23.8 Å². The molecular weight excluding hydrogens is 333 g/mol. The highest BCUT2D eigenvalue weighted by atomic mass is 32.2. The fourth-order valence-electron chi connectivity index (χ4n) is 2.31. The van der Waals surface area contributed by atoms with Crippen LogP contribution in [0.1, 0.15) is 11.6 Å². The number of halogens is 3. The van der Waals surface area contributed by atoms with E-state index >= 15 is 0 Å². The Balaban J connectivity index is 1.83. The first-order valence-electron chi connectivity index (χ1n) is 7.39. The van der Waals surface area contributed by atoms with Gasteiger partial charge in [-0.15, -0.1) is 11.8 Å². The number of alkyl halides is 3. The zero-order chi connectivity index (χ0) is 17.0. The lowest BCUT2D eigenvalue weighted by Gasteiger charge is -2.14. The lowest BCUT2D eigenvalue weighted by molar-refractivity contribution is -0.0901. The van der Waals surface area contributed by atoms with Gasteiger partial charge in [0.25, 0.3) is 0 Å². The van der Waals surface area contributed by atoms with Crippen molar-refractivity contribution in [3.63, 3.8) is 0 Å². The predicted molar refractivity (Wildman–Crippen MR) is 93.3 cm³/mol. The molecule has 1 N–H and O–H groups in total. The van der Waals surface area contributed by atoms with Gasteiger partial charge in [0.2, 0.25) is 0 Å². The third-order valence-electron chi connectivity index (χ3n) is 3.48. The number of anilines is 1. The Hall–Kier alpha value is -2.21. The van der Waals surface area contributed by atoms with Crippen LogP contribution in [0, 0.1) is 0 Å². The summed E-state index contributed by atoms with van der Waals surface area (Å²) in [7, 11) is 0. The molecule has 1 aliphatic rings. The van der Waals surface area contributed by atoms with E-state index in [2.05, 4.69) is 10.3 Å². The Morgan fingerprint density at radius 2 is 1.67 bits per heavy atom. The van der Waals surface area contributed by atoms with Crippen molar-refractivity contribution in [1.29, 1.82) is 0 Å². The summed E-state index contributed by atoms with van der Waals surface area (Å²) in [6, 6.07) is 17.8. The molecule has 0 fully saturated rings. The number of allylic oxidation sites excluding steroid dienone is 1. The average Bonchev–Trinajstić information content (AvgIpc) is 3.04. The summed E-state index contributed by atoms with van der Waals surface area (Å²) in [6.07, 6.45) is -3.38. The SMILES string of the molecule is FC(F)(F)C(=CC1=NC(c2ccccc2)CS1)Nc1ccccc1. The van der Waals surface area contributed by atoms with Crippen LogP contribution in [-0.2, 0) is 0 Å². The number of thioether (sulfide) groups is 1. The highest BCUT2D eigenvalue weighted by Crippen LogP contribution is 2.33. The van der Waals surface area contributed by atoms with Crippen molar-refractivity contribution in [3.05, 3.63) is 78.0 Å². The summed E-state index contributed by atoms with van der Waals surface area (Å²) >= 11 is 1.33. The van der Waals surface area contributed by atoms with E-state index in [1.165, 1.54) is 11.8 Å². The van der Waals surface area contributed by atoms with Crippen molar-refractivity contribution in [2.45, 2.75) is 12.2 Å². The summed E-state index contributed by atoms with van der Waals surface area (Å²) in [4.78, 5) is 4.42. The van der Waals surface area contributed by atoms with Crippen molar-refractivity contribution >= 4 is 22.5 Å². The number of para-hydroxylation sites is 1. The molecule has 1 unspecified atom stereocenters. The van der Waals surface area contributed by atoms with Crippen LogP contribution in [0.5, 0.6) is 0 Å². The minimum Gasteiger partial charge on any atom is -0.351 e. The zero-order valence-corrected chi connectivity index (χ0v) is 13.4. The number of rotatable bonds is 4. The summed E-state index contributed by atoms with van der Waals surface area (Å²) in [5, 5.41) is 2.83. The van der Waals surface area contributed by atoms with E-state index in [0.29, 0.717) is 16.5 Å². The van der Waals surface area contributed by atoms with E-state index in [0.717, 1.165) is 11.6 Å². The lowest BCUT2D eigenvalue weighted by Crippen LogP contribution is -2.20. The molecule has 2 aromatic carbocycles. The van der Waals surface area contributed by atoms with Gasteiger partial charge in [-0.1, -0.05) is 48.5 Å². The number of benzene rings is 2. The minimum absolute atomic E-state index is 0.103. The third kappa shape index (κ3) is 4.20. The van der Waals surface area contributed by atoms with E-state index in [9.17, 15) is 13.2 Å². The van der Waals surface area contributed by atoms with Crippen LogP contribution in [0.4, 0.5) is 18.9 Å². The highest BCUT2D eigenvalue weighted by molar-refractivity contribution is 8.14. The van der Waals surface area contributed by atoms with Crippen LogP contribution in [0.15, 0.2) is 77.4 Å². The molecule has 1 aliphatic heterocycles. The van der Waals surface area contributed by atoms with Crippen molar-refractivity contribution in [2.75, 3.05) is 11.1 Å². The summed E-state index contributed by atoms with van der Waals surface area (Å²) < 4.78 is 39.9. The highest BCUT2D eigenvalue weighted by Gasteiger charge is 2.35. The van der Waals surface area contributed by atoms with Crippen molar-refractivity contribution in [3.8, 4) is 0 Å². The smallest absolute Gasteiger partial charge is 0.351 e. The lowest BCUT2D eigenvalue weighted by atomic mass is 10.1. The molecule has 2 nitrogen and oxygen atoms in total. The minimum atomic E-state index is -4.47. The van der Waals surface area contributed by atoms with Crippen LogP contribution < -0.4 is 5.32 Å². The van der Waals surface area contributed by atoms with Gasteiger partial charge in [0.15, 0.2) is 0 Å². The Morgan fingerprint density at radius 3 is 2.29 bits per heavy atom. The molecule has 0 aliphatic carbocycles. The number of hydrogen-bond acceptors (Lipinski definition) is 3. The monoisotopic (exact) mass is 348 g/mol. The van der Waals surface area contributed by atoms with Gasteiger partial charge in [-0.3, -0.25) is 4.99 Å². The topological polar surface area (TPSA) is 24.4 Å². The van der Waals surface area contributed by atoms with E-state index in [1.807, 2.05) is 30.3 Å². The molecule has 24 heavy (non-hydrogen) atoms. The second-order valence-electron chi connectivity index (χ2n) is 5.25. The maximum atomic E-state index is 13.3. The van der Waals surface area contributed by atoms with Gasteiger partial charge in [0, 0.05) is 11.4 Å². The second kappa shape index (κ2) is 7.13. The average molecular weight is 348 g/mol. The molecule has 0 amide bonds. The van der Waals surface area contributed by atoms with Crippen LogP contribution in [0.2, 0.25) is 0 Å². The molecule has 0 spiro atoms. The molecule has 1 heterocycles. The van der Waals surface area contributed by atoms with Gasteiger partial charge >= 0.3 is 6.18 Å². The molecule has 0 saturated carbocycles. The number of nitrogens with one attached hydrogen (secondary N) is 1. The Labute approximate surface area is 142 Å². The number of hydrogen-bond donors (Lipinski definition) is 1. The summed E-state index contributed by atoms with van der Waals surface area (Å²) in [5.41, 5.74) is 0.593. The second-order valence-corrected chi connectivity index (χ2v) is 6.29. The molecule has 3 rings (SSSR count). The van der Waals surface area contributed by atoms with Crippen molar-refractivity contribution < 1.29 is 13.2 Å². The normalized spacial score (nSPS) is 18.4. The quantitative estimate of drug-likeness (QED) is 0.796. The fourth-order valence-corrected chi connectivity index (χ4v) is 3.31. The van der Waals surface area contributed by atoms with E-state index < -0.39 is 11.9 Å². The van der Waals surface area contributed by atoms with Gasteiger partial charge in [-0.2, -0.15) is 13.2 Å². The Morgan fingerprint density at radius 1 is 1.04 bits per heavy atom. The van der Waals surface area contributed by atoms with Crippen molar-refractivity contribution in [2.24, 2.45) is 4.99 Å². The molecule has 6 heteroatoms. The molecule has 0 saturated heterocycles. The van der Waals surface area contributed by atoms with E-state index in [4.69, 9.17) is 0 Å². The van der Waals surface area contributed by atoms with Gasteiger partial charge < -0.3 is 5.32 Å². The molecule has 124 valence electrons. The zero-order valence-electron chi connectivity index (χ0n) is 12.6. The maximum absolute atomic E-state index is 13.3. The van der Waals surface area contributed by atoms with Crippen molar-refractivity contribution in [1.82, 2.24) is 0 Å². The number of aliphatic imine (C=N–C) groups is 1. The summed E-state index contributed by atoms with van der Waals surface area (Å²) in [5.74, 6) is 0.645. The summed E-state index contributed by atoms with van der Waals surface area (Å²) in [6.45, 7) is 0. The first kappa shape index (κ1) is 16.6. The molecule has 2 aromatic rings. The molecule has 1 atom stereocenters. The van der Waals surface area contributed by atoms with E-state index in [1.54, 1.807) is 30.3 Å². The van der Waals surface area contributed by atoms with Gasteiger partial charge in [0.1, 0.15) is 5.70 Å². The molecule has 0 aromatic heterocycles. The van der Waals surface area contributed by atoms with Gasteiger partial charge in [-0.25, -0.2) is 0 Å².